The Kier molecular flexibility index (Phi) is 2.35. The number of carbonyl (C=O) groups excluding carboxylic acids is 2. The molecule has 3 aliphatic rings. The van der Waals surface area contributed by atoms with E-state index in [4.69, 9.17) is 0 Å². The lowest BCUT2D eigenvalue weighted by Gasteiger charge is -2.35. The van der Waals surface area contributed by atoms with Crippen LogP contribution in [0.2, 0.25) is 0 Å². The number of nitrogens with one attached hydrogen (secondary N) is 1. The molecule has 3 heterocycles. The maximum absolute atomic E-state index is 11.8. The van der Waals surface area contributed by atoms with Gasteiger partial charge in [0.2, 0.25) is 11.8 Å². The molecule has 1 N–H and O–H groups in total. The normalized spacial score (nSPS) is 35.4. The molecule has 0 radical (unpaired) electrons. The van der Waals surface area contributed by atoms with Crippen molar-refractivity contribution in [3.05, 3.63) is 0 Å². The van der Waals surface area contributed by atoms with Gasteiger partial charge in [-0.2, -0.15) is 0 Å². The van der Waals surface area contributed by atoms with Crippen molar-refractivity contribution in [2.75, 3.05) is 26.2 Å². The van der Waals surface area contributed by atoms with Crippen LogP contribution in [0.3, 0.4) is 0 Å². The van der Waals surface area contributed by atoms with Gasteiger partial charge >= 0.3 is 0 Å². The Labute approximate surface area is 94.8 Å². The van der Waals surface area contributed by atoms with Crippen LogP contribution in [-0.4, -0.2) is 59.9 Å². The lowest BCUT2D eigenvalue weighted by atomic mass is 10.0. The Balaban J connectivity index is 1.76. The standard InChI is InChI=1S/C11H17N3O2/c15-10-7-14(11(16)6-12-10)9-3-5-13-4-1-2-8(9)13/h8-9H,1-7H2,(H,12,15). The summed E-state index contributed by atoms with van der Waals surface area (Å²) in [6, 6.07) is 0.788. The molecule has 0 aromatic heterocycles. The van der Waals surface area contributed by atoms with Crippen LogP contribution in [0.5, 0.6) is 0 Å². The molecule has 0 bridgehead atoms. The van der Waals surface area contributed by atoms with Crippen molar-refractivity contribution in [2.45, 2.75) is 31.3 Å². The Morgan fingerprint density at radius 1 is 1.12 bits per heavy atom. The zero-order valence-corrected chi connectivity index (χ0v) is 9.32. The fraction of sp³-hybridized carbons (Fsp3) is 0.818. The van der Waals surface area contributed by atoms with Gasteiger partial charge in [0.15, 0.2) is 0 Å². The summed E-state index contributed by atoms with van der Waals surface area (Å²) in [7, 11) is 0. The van der Waals surface area contributed by atoms with Crippen LogP contribution in [0.4, 0.5) is 0 Å². The Hall–Kier alpha value is -1.10. The second-order valence-corrected chi connectivity index (χ2v) is 4.90. The highest BCUT2D eigenvalue weighted by atomic mass is 16.2. The van der Waals surface area contributed by atoms with E-state index in [9.17, 15) is 9.59 Å². The van der Waals surface area contributed by atoms with Crippen LogP contribution >= 0.6 is 0 Å². The van der Waals surface area contributed by atoms with E-state index in [1.807, 2.05) is 0 Å². The highest BCUT2D eigenvalue weighted by Crippen LogP contribution is 2.31. The fourth-order valence-electron chi connectivity index (χ4n) is 3.30. The minimum Gasteiger partial charge on any atom is -0.345 e. The maximum Gasteiger partial charge on any atom is 0.242 e. The third kappa shape index (κ3) is 1.50. The van der Waals surface area contributed by atoms with Crippen LogP contribution < -0.4 is 5.32 Å². The molecule has 3 fully saturated rings. The Morgan fingerprint density at radius 2 is 2.00 bits per heavy atom. The molecule has 0 aromatic rings. The zero-order valence-electron chi connectivity index (χ0n) is 9.32. The van der Waals surface area contributed by atoms with E-state index in [1.165, 1.54) is 12.8 Å². The fourth-order valence-corrected chi connectivity index (χ4v) is 3.30. The summed E-state index contributed by atoms with van der Waals surface area (Å²) in [6.07, 6.45) is 3.44. The molecule has 5 heteroatoms. The number of amides is 2. The van der Waals surface area contributed by atoms with E-state index in [2.05, 4.69) is 10.2 Å². The van der Waals surface area contributed by atoms with E-state index in [0.29, 0.717) is 6.04 Å². The predicted octanol–water partition coefficient (Wildman–Crippen LogP) is -0.818. The summed E-state index contributed by atoms with van der Waals surface area (Å²) >= 11 is 0. The smallest absolute Gasteiger partial charge is 0.242 e. The molecule has 2 amide bonds. The highest BCUT2D eigenvalue weighted by molar-refractivity contribution is 5.92. The van der Waals surface area contributed by atoms with Gasteiger partial charge in [0, 0.05) is 18.6 Å². The lowest BCUT2D eigenvalue weighted by Crippen LogP contribution is -2.57. The quantitative estimate of drug-likeness (QED) is 0.632. The third-order valence-electron chi connectivity index (χ3n) is 4.04. The molecular weight excluding hydrogens is 206 g/mol. The van der Waals surface area contributed by atoms with Crippen LogP contribution in [0.25, 0.3) is 0 Å². The Bertz CT molecular complexity index is 331. The molecule has 3 saturated heterocycles. The maximum atomic E-state index is 11.8. The van der Waals surface area contributed by atoms with Gasteiger partial charge in [0.25, 0.3) is 0 Å². The molecule has 2 unspecified atom stereocenters. The van der Waals surface area contributed by atoms with Gasteiger partial charge in [-0.15, -0.1) is 0 Å². The van der Waals surface area contributed by atoms with E-state index < -0.39 is 0 Å². The number of hydrogen-bond acceptors (Lipinski definition) is 3. The van der Waals surface area contributed by atoms with Gasteiger partial charge in [0.1, 0.15) is 0 Å². The first-order chi connectivity index (χ1) is 7.75. The topological polar surface area (TPSA) is 52.7 Å². The molecule has 88 valence electrons. The zero-order chi connectivity index (χ0) is 11.1. The molecule has 3 aliphatic heterocycles. The number of fused-ring (bicyclic) bond motifs is 1. The van der Waals surface area contributed by atoms with Crippen molar-refractivity contribution in [1.29, 1.82) is 0 Å². The number of nitrogens with zero attached hydrogens (tertiary/aromatic N) is 2. The SMILES string of the molecule is O=C1CN(C2CCN3CCCC23)C(=O)CN1. The van der Waals surface area contributed by atoms with Gasteiger partial charge in [0.05, 0.1) is 13.1 Å². The molecule has 16 heavy (non-hydrogen) atoms. The summed E-state index contributed by atoms with van der Waals surface area (Å²) in [5.41, 5.74) is 0. The molecule has 3 rings (SSSR count). The van der Waals surface area contributed by atoms with E-state index in [-0.39, 0.29) is 30.9 Å². The largest absolute Gasteiger partial charge is 0.345 e. The summed E-state index contributed by atoms with van der Waals surface area (Å²) in [5.74, 6) is 0.0643. The van der Waals surface area contributed by atoms with Crippen molar-refractivity contribution in [2.24, 2.45) is 0 Å². The van der Waals surface area contributed by atoms with E-state index >= 15 is 0 Å². The van der Waals surface area contributed by atoms with Crippen molar-refractivity contribution in [3.8, 4) is 0 Å². The molecule has 0 spiro atoms. The Morgan fingerprint density at radius 3 is 2.88 bits per heavy atom. The lowest BCUT2D eigenvalue weighted by molar-refractivity contribution is -0.143. The molecule has 2 atom stereocenters. The molecule has 0 aliphatic carbocycles. The number of hydrogen-bond donors (Lipinski definition) is 1. The minimum atomic E-state index is -0.0175. The van der Waals surface area contributed by atoms with Gasteiger partial charge in [-0.3, -0.25) is 14.5 Å². The first-order valence-electron chi connectivity index (χ1n) is 6.06. The van der Waals surface area contributed by atoms with Crippen LogP contribution in [0.15, 0.2) is 0 Å². The average Bonchev–Trinajstić information content (AvgIpc) is 2.83. The minimum absolute atomic E-state index is 0.0175. The number of piperazine rings is 1. The predicted molar refractivity (Wildman–Crippen MR) is 57.7 cm³/mol. The molecular formula is C11H17N3O2. The van der Waals surface area contributed by atoms with Crippen molar-refractivity contribution >= 4 is 11.8 Å². The van der Waals surface area contributed by atoms with Crippen LogP contribution in [-0.2, 0) is 9.59 Å². The average molecular weight is 223 g/mol. The monoisotopic (exact) mass is 223 g/mol. The second kappa shape index (κ2) is 3.73. The first kappa shape index (κ1) is 10.1. The summed E-state index contributed by atoms with van der Waals surface area (Å²) in [4.78, 5) is 27.4. The van der Waals surface area contributed by atoms with Crippen LogP contribution in [0.1, 0.15) is 19.3 Å². The highest BCUT2D eigenvalue weighted by Gasteiger charge is 2.43. The molecule has 5 nitrogen and oxygen atoms in total. The third-order valence-corrected chi connectivity index (χ3v) is 4.04. The van der Waals surface area contributed by atoms with Crippen molar-refractivity contribution < 1.29 is 9.59 Å². The first-order valence-corrected chi connectivity index (χ1v) is 6.06. The summed E-state index contributed by atoms with van der Waals surface area (Å²) in [5, 5.41) is 2.60. The van der Waals surface area contributed by atoms with Gasteiger partial charge in [-0.1, -0.05) is 0 Å². The van der Waals surface area contributed by atoms with Crippen LogP contribution in [0, 0.1) is 0 Å². The van der Waals surface area contributed by atoms with Crippen molar-refractivity contribution in [1.82, 2.24) is 15.1 Å². The van der Waals surface area contributed by atoms with Gasteiger partial charge in [-0.25, -0.2) is 0 Å². The van der Waals surface area contributed by atoms with E-state index in [1.54, 1.807) is 4.90 Å². The van der Waals surface area contributed by atoms with Gasteiger partial charge < -0.3 is 10.2 Å². The summed E-state index contributed by atoms with van der Waals surface area (Å²) < 4.78 is 0. The van der Waals surface area contributed by atoms with Crippen molar-refractivity contribution in [3.63, 3.8) is 0 Å². The number of carbonyl (C=O) groups is 2. The van der Waals surface area contributed by atoms with Gasteiger partial charge in [-0.05, 0) is 25.8 Å². The second-order valence-electron chi connectivity index (χ2n) is 4.90. The van der Waals surface area contributed by atoms with E-state index in [0.717, 1.165) is 19.5 Å². The molecule has 0 aromatic carbocycles. The summed E-state index contributed by atoms with van der Waals surface area (Å²) in [6.45, 7) is 2.69. The number of rotatable bonds is 1. The molecule has 0 saturated carbocycles.